The zero-order chi connectivity index (χ0) is 71.9. The Morgan fingerprint density at radius 1 is 0.185 bits per heavy atom. The van der Waals surface area contributed by atoms with E-state index >= 15 is 0 Å². The minimum Gasteiger partial charge on any atom is -0.0683 e. The number of rotatable bonds is 0. The van der Waals surface area contributed by atoms with Crippen molar-refractivity contribution in [3.63, 3.8) is 0 Å². The minimum absolute atomic E-state index is 0.142. The van der Waals surface area contributed by atoms with Gasteiger partial charge in [0.15, 0.2) is 0 Å². The van der Waals surface area contributed by atoms with Crippen molar-refractivity contribution >= 4 is 21.5 Å². The molecule has 0 heterocycles. The second-order valence-corrected chi connectivity index (χ2v) is 22.3. The van der Waals surface area contributed by atoms with Crippen molar-refractivity contribution < 1.29 is 0 Å². The maximum absolute atomic E-state index is 2.34. The minimum atomic E-state index is 0.142. The highest BCUT2D eigenvalue weighted by Crippen LogP contribution is 2.49. The molecular formula is C92H136. The van der Waals surface area contributed by atoms with E-state index in [4.69, 9.17) is 0 Å². The summed E-state index contributed by atoms with van der Waals surface area (Å²) in [6.45, 7) is 72.9. The normalized spacial score (nSPS) is 9.77. The molecule has 0 saturated heterocycles. The Morgan fingerprint density at radius 3 is 0.685 bits per heavy atom. The molecule has 0 spiro atoms. The average molecular weight is 1240 g/mol. The SMILES string of the molecule is CC.CC.CC.CC.CC.CC.CC.CC.Cc1cc(C)cc(C)c1.Cc1ccc(C)c(C)c1.Cc1ccc(C)c(C)c1.Cc1ccc(C)c2ccccc12.Cc1ccc(C)cc1.Cc1ccc2c(c1)C(C)(C)c1cc(C)ccc1-2.Cc1ccc2cc(C)ccc2c1. The van der Waals surface area contributed by atoms with Gasteiger partial charge < -0.3 is 0 Å². The Bertz CT molecular complexity index is 3250. The lowest BCUT2D eigenvalue weighted by Gasteiger charge is -2.22. The van der Waals surface area contributed by atoms with E-state index in [9.17, 15) is 0 Å². The Kier molecular flexibility index (Phi) is 51.7. The van der Waals surface area contributed by atoms with Crippen LogP contribution in [0.3, 0.4) is 0 Å². The molecule has 0 saturated carbocycles. The molecule has 1 aliphatic carbocycles. The van der Waals surface area contributed by atoms with Gasteiger partial charge in [-0.3, -0.25) is 0 Å². The van der Waals surface area contributed by atoms with Crippen LogP contribution >= 0.6 is 0 Å². The van der Waals surface area contributed by atoms with Crippen molar-refractivity contribution in [3.8, 4) is 11.1 Å². The lowest BCUT2D eigenvalue weighted by molar-refractivity contribution is 0.659. The quantitative estimate of drug-likeness (QED) is 0.142. The molecule has 10 aromatic carbocycles. The van der Waals surface area contributed by atoms with Crippen LogP contribution < -0.4 is 0 Å². The third-order valence-electron chi connectivity index (χ3n) is 14.4. The van der Waals surface area contributed by atoms with Gasteiger partial charge in [-0.1, -0.05) is 374 Å². The molecule has 0 bridgehead atoms. The fourth-order valence-corrected chi connectivity index (χ4v) is 9.67. The van der Waals surface area contributed by atoms with Crippen LogP contribution in [0.2, 0.25) is 0 Å². The third kappa shape index (κ3) is 33.3. The van der Waals surface area contributed by atoms with Gasteiger partial charge in [0, 0.05) is 5.41 Å². The van der Waals surface area contributed by atoms with Crippen LogP contribution in [0.5, 0.6) is 0 Å². The first-order valence-electron chi connectivity index (χ1n) is 35.2. The Morgan fingerprint density at radius 2 is 0.413 bits per heavy atom. The topological polar surface area (TPSA) is 0 Å². The maximum atomic E-state index is 2.34. The van der Waals surface area contributed by atoms with Crippen molar-refractivity contribution in [2.75, 3.05) is 0 Å². The number of hydrogen-bond acceptors (Lipinski definition) is 0. The van der Waals surface area contributed by atoms with Gasteiger partial charge in [-0.05, 0) is 195 Å². The third-order valence-corrected chi connectivity index (χ3v) is 14.4. The summed E-state index contributed by atoms with van der Waals surface area (Å²) in [5, 5.41) is 5.41. The van der Waals surface area contributed by atoms with E-state index in [1.54, 1.807) is 0 Å². The van der Waals surface area contributed by atoms with Gasteiger partial charge in [0.25, 0.3) is 0 Å². The summed E-state index contributed by atoms with van der Waals surface area (Å²) < 4.78 is 0. The van der Waals surface area contributed by atoms with E-state index in [1.807, 2.05) is 111 Å². The second-order valence-electron chi connectivity index (χ2n) is 22.3. The lowest BCUT2D eigenvalue weighted by atomic mass is 9.81. The van der Waals surface area contributed by atoms with Crippen LogP contribution in [0.1, 0.15) is 230 Å². The molecule has 0 aliphatic heterocycles. The smallest absolute Gasteiger partial charge is 0.0159 e. The Hall–Kier alpha value is -7.28. The van der Waals surface area contributed by atoms with Gasteiger partial charge in [-0.25, -0.2) is 0 Å². The van der Waals surface area contributed by atoms with E-state index < -0.39 is 0 Å². The first-order valence-corrected chi connectivity index (χ1v) is 35.2. The highest BCUT2D eigenvalue weighted by Gasteiger charge is 2.35. The predicted molar refractivity (Wildman–Crippen MR) is 429 cm³/mol. The van der Waals surface area contributed by atoms with Crippen molar-refractivity contribution in [1.82, 2.24) is 0 Å². The fourth-order valence-electron chi connectivity index (χ4n) is 9.67. The molecule has 0 atom stereocenters. The highest BCUT2D eigenvalue weighted by atomic mass is 14.4. The molecule has 11 rings (SSSR count). The van der Waals surface area contributed by atoms with Crippen LogP contribution in [-0.4, -0.2) is 0 Å². The fraction of sp³-hybridized carbons (Fsp3) is 0.391. The molecule has 0 radical (unpaired) electrons. The van der Waals surface area contributed by atoms with Crippen LogP contribution in [0.25, 0.3) is 32.7 Å². The maximum Gasteiger partial charge on any atom is 0.0159 e. The molecule has 1 aliphatic rings. The van der Waals surface area contributed by atoms with Crippen LogP contribution in [0.15, 0.2) is 188 Å². The molecular weight excluding hydrogens is 1110 g/mol. The largest absolute Gasteiger partial charge is 0.0683 e. The van der Waals surface area contributed by atoms with E-state index in [1.165, 1.54) is 138 Å². The van der Waals surface area contributed by atoms with Gasteiger partial charge in [0.2, 0.25) is 0 Å². The highest BCUT2D eigenvalue weighted by molar-refractivity contribution is 5.88. The zero-order valence-electron chi connectivity index (χ0n) is 65.9. The number of aryl methyl sites for hydroxylation is 17. The number of benzene rings is 10. The summed E-state index contributed by atoms with van der Waals surface area (Å²) in [6, 6.07) is 67.7. The summed E-state index contributed by atoms with van der Waals surface area (Å²) >= 11 is 0. The zero-order valence-corrected chi connectivity index (χ0v) is 65.9. The molecule has 0 fully saturated rings. The Labute approximate surface area is 570 Å². The van der Waals surface area contributed by atoms with Crippen molar-refractivity contribution in [2.45, 2.75) is 248 Å². The molecule has 0 unspecified atom stereocenters. The average Bonchev–Trinajstić information content (AvgIpc) is 1.58. The summed E-state index contributed by atoms with van der Waals surface area (Å²) in [7, 11) is 0. The molecule has 0 heteroatoms. The lowest BCUT2D eigenvalue weighted by Crippen LogP contribution is -2.15. The molecule has 0 amide bonds. The van der Waals surface area contributed by atoms with Crippen LogP contribution in [0, 0.1) is 118 Å². The first-order chi connectivity index (χ1) is 43.9. The van der Waals surface area contributed by atoms with E-state index in [2.05, 4.69) is 320 Å². The molecule has 0 aromatic heterocycles. The molecule has 0 nitrogen and oxygen atoms in total. The predicted octanol–water partition coefficient (Wildman–Crippen LogP) is 29.9. The van der Waals surface area contributed by atoms with Crippen LogP contribution in [0.4, 0.5) is 0 Å². The van der Waals surface area contributed by atoms with E-state index in [0.717, 1.165) is 0 Å². The van der Waals surface area contributed by atoms with Crippen molar-refractivity contribution in [3.05, 3.63) is 294 Å². The van der Waals surface area contributed by atoms with Gasteiger partial charge in [-0.2, -0.15) is 0 Å². The van der Waals surface area contributed by atoms with Gasteiger partial charge in [-0.15, -0.1) is 0 Å². The standard InChI is InChI=1S/C17H18.2C12H12.3C9H12.C8H10.8C2H6/c1-11-5-7-13-14-8-6-12(2)10-16(14)17(3,4)15(13)9-11;1-9-3-5-12-8-10(2)4-6-11(12)7-9;1-9-7-8-10(2)12-6-4-3-5-11(9)12;1-7-4-8(2)6-9(3)5-7;2*1-7-4-5-8(2)9(3)6-7;1-7-3-5-8(2)6-4-7;8*1-2/h5-10H,1-4H3;2*3-8H,1-2H3;3*4-6H,1-3H3;3-6H,1-2H3;8*1-2H3. The van der Waals surface area contributed by atoms with Gasteiger partial charge >= 0.3 is 0 Å². The summed E-state index contributed by atoms with van der Waals surface area (Å²) in [5.41, 5.74) is 28.9. The van der Waals surface area contributed by atoms with Gasteiger partial charge in [0.05, 0.1) is 0 Å². The number of hydrogen-bond donors (Lipinski definition) is 0. The van der Waals surface area contributed by atoms with E-state index in [0.29, 0.717) is 0 Å². The molecule has 0 N–H and O–H groups in total. The van der Waals surface area contributed by atoms with Crippen molar-refractivity contribution in [1.29, 1.82) is 0 Å². The summed E-state index contributed by atoms with van der Waals surface area (Å²) in [4.78, 5) is 0. The monoisotopic (exact) mass is 1240 g/mol. The molecule has 504 valence electrons. The van der Waals surface area contributed by atoms with Crippen molar-refractivity contribution in [2.24, 2.45) is 0 Å². The van der Waals surface area contributed by atoms with Crippen LogP contribution in [-0.2, 0) is 5.41 Å². The summed E-state index contributed by atoms with van der Waals surface area (Å²) in [5.74, 6) is 0. The van der Waals surface area contributed by atoms with E-state index in [-0.39, 0.29) is 5.41 Å². The first kappa shape index (κ1) is 91.1. The summed E-state index contributed by atoms with van der Waals surface area (Å²) in [6.07, 6.45) is 0. The second kappa shape index (κ2) is 52.2. The Balaban J connectivity index is -0.000000479. The molecule has 10 aromatic rings. The number of fused-ring (bicyclic) bond motifs is 5. The molecule has 92 heavy (non-hydrogen) atoms. The van der Waals surface area contributed by atoms with Gasteiger partial charge in [0.1, 0.15) is 0 Å².